The zero-order chi connectivity index (χ0) is 22.8. The van der Waals surface area contributed by atoms with Gasteiger partial charge in [0.05, 0.1) is 17.4 Å². The molecular formula is C28H29N3O2. The van der Waals surface area contributed by atoms with Gasteiger partial charge in [-0.05, 0) is 92.3 Å². The summed E-state index contributed by atoms with van der Waals surface area (Å²) in [5, 5.41) is 0. The Morgan fingerprint density at radius 3 is 2.33 bits per heavy atom. The third kappa shape index (κ3) is 4.63. The van der Waals surface area contributed by atoms with E-state index in [1.54, 1.807) is 0 Å². The van der Waals surface area contributed by atoms with E-state index in [0.717, 1.165) is 49.5 Å². The summed E-state index contributed by atoms with van der Waals surface area (Å²) in [5.41, 5.74) is 5.55. The highest BCUT2D eigenvalue weighted by atomic mass is 16.5. The Balaban J connectivity index is 1.18. The molecule has 1 saturated heterocycles. The van der Waals surface area contributed by atoms with E-state index in [1.807, 2.05) is 65.8 Å². The van der Waals surface area contributed by atoms with E-state index >= 15 is 0 Å². The summed E-state index contributed by atoms with van der Waals surface area (Å²) < 4.78 is 8.11. The van der Waals surface area contributed by atoms with Crippen molar-refractivity contribution in [2.45, 2.75) is 33.2 Å². The summed E-state index contributed by atoms with van der Waals surface area (Å²) in [6.45, 7) is 6.81. The van der Waals surface area contributed by atoms with E-state index in [1.165, 1.54) is 16.6 Å². The van der Waals surface area contributed by atoms with Gasteiger partial charge in [-0.1, -0.05) is 18.2 Å². The fourth-order valence-electron chi connectivity index (χ4n) is 4.53. The second-order valence-corrected chi connectivity index (χ2v) is 9.00. The Labute approximate surface area is 194 Å². The highest BCUT2D eigenvalue weighted by molar-refractivity contribution is 5.94. The Hall–Kier alpha value is -3.60. The second kappa shape index (κ2) is 9.10. The van der Waals surface area contributed by atoms with Gasteiger partial charge in [0.2, 0.25) is 0 Å². The Kier molecular flexibility index (Phi) is 5.86. The molecular weight excluding hydrogens is 410 g/mol. The summed E-state index contributed by atoms with van der Waals surface area (Å²) in [5.74, 6) is 2.16. The molecule has 5 heteroatoms. The first-order chi connectivity index (χ1) is 16.1. The number of carbonyl (C=O) groups is 1. The molecule has 0 spiro atoms. The number of benzene rings is 3. The van der Waals surface area contributed by atoms with Crippen LogP contribution < -0.4 is 4.74 Å². The van der Waals surface area contributed by atoms with E-state index in [9.17, 15) is 4.79 Å². The SMILES string of the molecule is Cc1cc2ncn(CC3CCN(C(=O)c4ccc(Oc5ccccc5)cc4)CC3)c2cc1C. The molecule has 0 bridgehead atoms. The minimum atomic E-state index is 0.0962. The molecule has 5 rings (SSSR count). The number of hydrogen-bond donors (Lipinski definition) is 0. The van der Waals surface area contributed by atoms with Crippen molar-refractivity contribution < 1.29 is 9.53 Å². The van der Waals surface area contributed by atoms with Gasteiger partial charge in [-0.3, -0.25) is 4.79 Å². The van der Waals surface area contributed by atoms with Crippen molar-refractivity contribution in [2.75, 3.05) is 13.1 Å². The van der Waals surface area contributed by atoms with Crippen molar-refractivity contribution in [1.29, 1.82) is 0 Å². The minimum Gasteiger partial charge on any atom is -0.457 e. The van der Waals surface area contributed by atoms with Gasteiger partial charge in [0, 0.05) is 25.2 Å². The number of aromatic nitrogens is 2. The van der Waals surface area contributed by atoms with Crippen LogP contribution in [0.3, 0.4) is 0 Å². The van der Waals surface area contributed by atoms with E-state index < -0.39 is 0 Å². The second-order valence-electron chi connectivity index (χ2n) is 9.00. The van der Waals surface area contributed by atoms with E-state index in [0.29, 0.717) is 11.5 Å². The van der Waals surface area contributed by atoms with Crippen molar-refractivity contribution in [3.05, 3.63) is 89.7 Å². The molecule has 4 aromatic rings. The summed E-state index contributed by atoms with van der Waals surface area (Å²) in [6.07, 6.45) is 3.97. The van der Waals surface area contributed by atoms with Crippen LogP contribution in [-0.2, 0) is 6.54 Å². The molecule has 3 aromatic carbocycles. The summed E-state index contributed by atoms with van der Waals surface area (Å²) in [6, 6.07) is 21.5. The number of rotatable bonds is 5. The van der Waals surface area contributed by atoms with Gasteiger partial charge < -0.3 is 14.2 Å². The number of imidazole rings is 1. The van der Waals surface area contributed by atoms with Crippen LogP contribution in [0, 0.1) is 19.8 Å². The zero-order valence-electron chi connectivity index (χ0n) is 19.2. The normalized spacial score (nSPS) is 14.5. The molecule has 2 heterocycles. The number of ether oxygens (including phenoxy) is 1. The Bertz CT molecular complexity index is 1250. The number of amides is 1. The van der Waals surface area contributed by atoms with Crippen LogP contribution in [0.2, 0.25) is 0 Å². The predicted octanol–water partition coefficient (Wildman–Crippen LogP) is 6.00. The first-order valence-electron chi connectivity index (χ1n) is 11.6. The molecule has 1 aliphatic rings. The quantitative estimate of drug-likeness (QED) is 0.383. The fraction of sp³-hybridized carbons (Fsp3) is 0.286. The van der Waals surface area contributed by atoms with Crippen LogP contribution in [0.1, 0.15) is 34.3 Å². The first kappa shape index (κ1) is 21.3. The molecule has 0 radical (unpaired) electrons. The minimum absolute atomic E-state index is 0.0962. The van der Waals surface area contributed by atoms with Crippen molar-refractivity contribution in [2.24, 2.45) is 5.92 Å². The number of para-hydroxylation sites is 1. The zero-order valence-corrected chi connectivity index (χ0v) is 19.2. The third-order valence-electron chi connectivity index (χ3n) is 6.67. The van der Waals surface area contributed by atoms with Gasteiger partial charge >= 0.3 is 0 Å². The number of piperidine rings is 1. The smallest absolute Gasteiger partial charge is 0.253 e. The maximum absolute atomic E-state index is 13.0. The van der Waals surface area contributed by atoms with Crippen molar-refractivity contribution in [3.63, 3.8) is 0 Å². The number of likely N-dealkylation sites (tertiary alicyclic amines) is 1. The Morgan fingerprint density at radius 1 is 0.939 bits per heavy atom. The van der Waals surface area contributed by atoms with E-state index in [4.69, 9.17) is 4.74 Å². The van der Waals surface area contributed by atoms with E-state index in [2.05, 4.69) is 35.5 Å². The standard InChI is InChI=1S/C28H29N3O2/c1-20-16-26-27(17-21(20)2)31(19-29-26)18-22-12-14-30(15-13-22)28(32)23-8-10-25(11-9-23)33-24-6-4-3-5-7-24/h3-11,16-17,19,22H,12-15,18H2,1-2H3. The largest absolute Gasteiger partial charge is 0.457 e. The highest BCUT2D eigenvalue weighted by Gasteiger charge is 2.24. The average molecular weight is 440 g/mol. The molecule has 0 N–H and O–H groups in total. The van der Waals surface area contributed by atoms with Crippen molar-refractivity contribution in [1.82, 2.24) is 14.5 Å². The maximum Gasteiger partial charge on any atom is 0.253 e. The topological polar surface area (TPSA) is 47.4 Å². The highest BCUT2D eigenvalue weighted by Crippen LogP contribution is 2.26. The van der Waals surface area contributed by atoms with Crippen LogP contribution in [0.4, 0.5) is 0 Å². The molecule has 0 atom stereocenters. The fourth-order valence-corrected chi connectivity index (χ4v) is 4.53. The number of aryl methyl sites for hydroxylation is 2. The predicted molar refractivity (Wildman–Crippen MR) is 131 cm³/mol. The average Bonchev–Trinajstić information content (AvgIpc) is 3.21. The molecule has 1 aromatic heterocycles. The Morgan fingerprint density at radius 2 is 1.61 bits per heavy atom. The third-order valence-corrected chi connectivity index (χ3v) is 6.67. The summed E-state index contributed by atoms with van der Waals surface area (Å²) in [7, 11) is 0. The molecule has 168 valence electrons. The molecule has 0 unspecified atom stereocenters. The van der Waals surface area contributed by atoms with Crippen molar-refractivity contribution in [3.8, 4) is 11.5 Å². The van der Waals surface area contributed by atoms with Gasteiger partial charge in [-0.15, -0.1) is 0 Å². The number of carbonyl (C=O) groups excluding carboxylic acids is 1. The van der Waals surface area contributed by atoms with Gasteiger partial charge in [-0.25, -0.2) is 4.98 Å². The van der Waals surface area contributed by atoms with Gasteiger partial charge in [0.25, 0.3) is 5.91 Å². The molecule has 33 heavy (non-hydrogen) atoms. The van der Waals surface area contributed by atoms with E-state index in [-0.39, 0.29) is 5.91 Å². The van der Waals surface area contributed by atoms with Gasteiger partial charge in [0.1, 0.15) is 11.5 Å². The molecule has 0 aliphatic carbocycles. The van der Waals surface area contributed by atoms with Crippen LogP contribution >= 0.6 is 0 Å². The lowest BCUT2D eigenvalue weighted by Crippen LogP contribution is -2.39. The number of hydrogen-bond acceptors (Lipinski definition) is 3. The lowest BCUT2D eigenvalue weighted by atomic mass is 9.96. The number of fused-ring (bicyclic) bond motifs is 1. The molecule has 1 fully saturated rings. The molecule has 1 amide bonds. The monoisotopic (exact) mass is 439 g/mol. The molecule has 0 saturated carbocycles. The lowest BCUT2D eigenvalue weighted by Gasteiger charge is -2.32. The molecule has 5 nitrogen and oxygen atoms in total. The van der Waals surface area contributed by atoms with Crippen molar-refractivity contribution >= 4 is 16.9 Å². The van der Waals surface area contributed by atoms with Gasteiger partial charge in [-0.2, -0.15) is 0 Å². The molecule has 1 aliphatic heterocycles. The van der Waals surface area contributed by atoms with Crippen LogP contribution in [0.15, 0.2) is 73.1 Å². The summed E-state index contributed by atoms with van der Waals surface area (Å²) >= 11 is 0. The summed E-state index contributed by atoms with van der Waals surface area (Å²) in [4.78, 5) is 19.6. The van der Waals surface area contributed by atoms with Gasteiger partial charge in [0.15, 0.2) is 0 Å². The number of nitrogens with zero attached hydrogens (tertiary/aromatic N) is 3. The lowest BCUT2D eigenvalue weighted by molar-refractivity contribution is 0.0683. The van der Waals surface area contributed by atoms with Crippen LogP contribution in [-0.4, -0.2) is 33.4 Å². The first-order valence-corrected chi connectivity index (χ1v) is 11.6. The van der Waals surface area contributed by atoms with Crippen LogP contribution in [0.5, 0.6) is 11.5 Å². The van der Waals surface area contributed by atoms with Crippen LogP contribution in [0.25, 0.3) is 11.0 Å². The maximum atomic E-state index is 13.0.